The van der Waals surface area contributed by atoms with Crippen LogP contribution >= 0.6 is 11.3 Å². The van der Waals surface area contributed by atoms with Gasteiger partial charge in [-0.25, -0.2) is 13.4 Å². The number of aryl methyl sites for hydroxylation is 1. The van der Waals surface area contributed by atoms with Crippen LogP contribution in [0.4, 0.5) is 0 Å². The molecule has 0 aliphatic heterocycles. The number of aromatic nitrogens is 1. The largest absolute Gasteiger partial charge is 0.497 e. The van der Waals surface area contributed by atoms with E-state index in [1.54, 1.807) is 25.3 Å². The van der Waals surface area contributed by atoms with Crippen LogP contribution in [-0.2, 0) is 21.2 Å². The van der Waals surface area contributed by atoms with Gasteiger partial charge in [-0.2, -0.15) is 0 Å². The lowest BCUT2D eigenvalue weighted by molar-refractivity contribution is -0.120. The molecule has 2 aromatic carbocycles. The first-order chi connectivity index (χ1) is 12.9. The van der Waals surface area contributed by atoms with E-state index in [1.807, 2.05) is 31.2 Å². The van der Waals surface area contributed by atoms with Crippen LogP contribution in [0.3, 0.4) is 0 Å². The second-order valence-electron chi connectivity index (χ2n) is 6.06. The van der Waals surface area contributed by atoms with E-state index in [2.05, 4.69) is 10.3 Å². The zero-order valence-electron chi connectivity index (χ0n) is 15.1. The maximum absolute atomic E-state index is 12.5. The third-order valence-electron chi connectivity index (χ3n) is 4.05. The second-order valence-corrected chi connectivity index (χ2v) is 9.40. The molecule has 0 aliphatic rings. The number of methoxy groups -OCH3 is 1. The van der Waals surface area contributed by atoms with Gasteiger partial charge in [0.25, 0.3) is 0 Å². The predicted molar refractivity (Wildman–Crippen MR) is 106 cm³/mol. The third kappa shape index (κ3) is 4.84. The van der Waals surface area contributed by atoms with Crippen molar-refractivity contribution in [2.75, 3.05) is 12.9 Å². The van der Waals surface area contributed by atoms with E-state index in [1.165, 1.54) is 11.3 Å². The van der Waals surface area contributed by atoms with Gasteiger partial charge in [0.1, 0.15) is 5.75 Å². The van der Waals surface area contributed by atoms with E-state index in [0.29, 0.717) is 12.3 Å². The van der Waals surface area contributed by atoms with E-state index in [4.69, 9.17) is 4.74 Å². The van der Waals surface area contributed by atoms with E-state index < -0.39 is 9.84 Å². The lowest BCUT2D eigenvalue weighted by Gasteiger charge is -2.08. The Bertz CT molecular complexity index is 1070. The molecule has 27 heavy (non-hydrogen) atoms. The molecule has 1 aromatic heterocycles. The third-order valence-corrected chi connectivity index (χ3v) is 6.69. The molecule has 0 saturated carbocycles. The molecule has 0 radical (unpaired) electrons. The minimum Gasteiger partial charge on any atom is -0.497 e. The second kappa shape index (κ2) is 8.06. The average Bonchev–Trinajstić information content (AvgIpc) is 3.04. The summed E-state index contributed by atoms with van der Waals surface area (Å²) in [5.74, 6) is 0.161. The molecule has 0 fully saturated rings. The Morgan fingerprint density at radius 3 is 2.81 bits per heavy atom. The maximum atomic E-state index is 12.5. The number of carbonyl (C=O) groups is 1. The van der Waals surface area contributed by atoms with Crippen molar-refractivity contribution in [3.05, 3.63) is 53.0 Å². The van der Waals surface area contributed by atoms with E-state index in [-0.39, 0.29) is 23.0 Å². The fourth-order valence-electron chi connectivity index (χ4n) is 2.63. The highest BCUT2D eigenvalue weighted by Gasteiger charge is 2.17. The average molecular weight is 405 g/mol. The highest BCUT2D eigenvalue weighted by Crippen LogP contribution is 2.25. The molecule has 3 aromatic rings. The highest BCUT2D eigenvalue weighted by atomic mass is 32.2. The van der Waals surface area contributed by atoms with Gasteiger partial charge in [0.15, 0.2) is 9.84 Å². The lowest BCUT2D eigenvalue weighted by atomic mass is 10.2. The summed E-state index contributed by atoms with van der Waals surface area (Å²) in [5, 5.41) is 3.63. The zero-order chi connectivity index (χ0) is 19.4. The van der Waals surface area contributed by atoms with Crippen molar-refractivity contribution in [1.82, 2.24) is 10.3 Å². The van der Waals surface area contributed by atoms with Gasteiger partial charge in [-0.05, 0) is 42.8 Å². The van der Waals surface area contributed by atoms with Crippen LogP contribution in [0.5, 0.6) is 5.75 Å². The fraction of sp³-hybridized carbons (Fsp3) is 0.263. The predicted octanol–water partition coefficient (Wildman–Crippen LogP) is 3.09. The SMILES string of the molecule is COc1cccc(CNC(=O)CCS(=O)(=O)c2ccc3nc(C)sc3c2)c1. The molecule has 6 nitrogen and oxygen atoms in total. The Morgan fingerprint density at radius 1 is 1.22 bits per heavy atom. The molecule has 0 atom stereocenters. The van der Waals surface area contributed by atoms with Crippen LogP contribution in [-0.4, -0.2) is 32.2 Å². The lowest BCUT2D eigenvalue weighted by Crippen LogP contribution is -2.25. The summed E-state index contributed by atoms with van der Waals surface area (Å²) in [6.07, 6.45) is -0.0912. The molecule has 0 spiro atoms. The highest BCUT2D eigenvalue weighted by molar-refractivity contribution is 7.91. The monoisotopic (exact) mass is 404 g/mol. The first-order valence-corrected chi connectivity index (χ1v) is 10.8. The molecular formula is C19H20N2O4S2. The van der Waals surface area contributed by atoms with E-state index >= 15 is 0 Å². The Labute approximate surface area is 162 Å². The Balaban J connectivity index is 1.59. The number of nitrogens with one attached hydrogen (secondary N) is 1. The maximum Gasteiger partial charge on any atom is 0.221 e. The Morgan fingerprint density at radius 2 is 2.04 bits per heavy atom. The van der Waals surface area contributed by atoms with Crippen LogP contribution in [0.15, 0.2) is 47.4 Å². The molecule has 1 heterocycles. The topological polar surface area (TPSA) is 85.4 Å². The molecule has 0 unspecified atom stereocenters. The van der Waals surface area contributed by atoms with Crippen LogP contribution in [0, 0.1) is 6.92 Å². The van der Waals surface area contributed by atoms with E-state index in [0.717, 1.165) is 20.8 Å². The fourth-order valence-corrected chi connectivity index (χ4v) is 4.83. The van der Waals surface area contributed by atoms with Gasteiger partial charge in [-0.3, -0.25) is 4.79 Å². The smallest absolute Gasteiger partial charge is 0.221 e. The van der Waals surface area contributed by atoms with Crippen molar-refractivity contribution in [2.45, 2.75) is 24.8 Å². The molecule has 8 heteroatoms. The van der Waals surface area contributed by atoms with Crippen LogP contribution in [0.2, 0.25) is 0 Å². The summed E-state index contributed by atoms with van der Waals surface area (Å²) < 4.78 is 31.0. The molecule has 0 aliphatic carbocycles. The summed E-state index contributed by atoms with van der Waals surface area (Å²) in [4.78, 5) is 16.6. The quantitative estimate of drug-likeness (QED) is 0.654. The molecule has 1 amide bonds. The van der Waals surface area contributed by atoms with Crippen molar-refractivity contribution in [1.29, 1.82) is 0 Å². The number of benzene rings is 2. The first-order valence-electron chi connectivity index (χ1n) is 8.37. The number of fused-ring (bicyclic) bond motifs is 1. The van der Waals surface area contributed by atoms with Gasteiger partial charge in [-0.1, -0.05) is 12.1 Å². The van der Waals surface area contributed by atoms with Crippen molar-refractivity contribution < 1.29 is 17.9 Å². The van der Waals surface area contributed by atoms with Crippen LogP contribution in [0.25, 0.3) is 10.2 Å². The van der Waals surface area contributed by atoms with E-state index in [9.17, 15) is 13.2 Å². The van der Waals surface area contributed by atoms with Gasteiger partial charge in [0.2, 0.25) is 5.91 Å². The van der Waals surface area contributed by atoms with Gasteiger partial charge < -0.3 is 10.1 Å². The van der Waals surface area contributed by atoms with Crippen molar-refractivity contribution in [2.24, 2.45) is 0 Å². The molecular weight excluding hydrogens is 384 g/mol. The number of sulfone groups is 1. The summed E-state index contributed by atoms with van der Waals surface area (Å²) in [7, 11) is -1.96. The minimum absolute atomic E-state index is 0.0912. The number of ether oxygens (including phenoxy) is 1. The number of hydrogen-bond acceptors (Lipinski definition) is 6. The minimum atomic E-state index is -3.53. The molecule has 1 N–H and O–H groups in total. The van der Waals surface area contributed by atoms with Crippen molar-refractivity contribution in [3.8, 4) is 5.75 Å². The zero-order valence-corrected chi connectivity index (χ0v) is 16.7. The van der Waals surface area contributed by atoms with Gasteiger partial charge in [0, 0.05) is 13.0 Å². The van der Waals surface area contributed by atoms with Crippen molar-refractivity contribution >= 4 is 37.3 Å². The van der Waals surface area contributed by atoms with Gasteiger partial charge in [-0.15, -0.1) is 11.3 Å². The summed E-state index contributed by atoms with van der Waals surface area (Å²) >= 11 is 1.45. The molecule has 3 rings (SSSR count). The van der Waals surface area contributed by atoms with Gasteiger partial charge in [0.05, 0.1) is 33.0 Å². The molecule has 0 bridgehead atoms. The van der Waals surface area contributed by atoms with Crippen LogP contribution < -0.4 is 10.1 Å². The van der Waals surface area contributed by atoms with Crippen molar-refractivity contribution in [3.63, 3.8) is 0 Å². The Hall–Kier alpha value is -2.45. The summed E-state index contributed by atoms with van der Waals surface area (Å²) in [6.45, 7) is 2.20. The molecule has 142 valence electrons. The standard InChI is InChI=1S/C19H20N2O4S2/c1-13-21-17-7-6-16(11-18(17)26-13)27(23,24)9-8-19(22)20-12-14-4-3-5-15(10-14)25-2/h3-7,10-11H,8-9,12H2,1-2H3,(H,20,22). The number of carbonyl (C=O) groups excluding carboxylic acids is 1. The number of amides is 1. The number of thiazole rings is 1. The number of hydrogen-bond donors (Lipinski definition) is 1. The first kappa shape index (κ1) is 19.3. The number of rotatable bonds is 7. The number of nitrogens with zero attached hydrogens (tertiary/aromatic N) is 1. The Kier molecular flexibility index (Phi) is 5.76. The normalized spacial score (nSPS) is 11.5. The summed E-state index contributed by atoms with van der Waals surface area (Å²) in [6, 6.07) is 12.2. The molecule has 0 saturated heterocycles. The summed E-state index contributed by atoms with van der Waals surface area (Å²) in [5.41, 5.74) is 1.67. The van der Waals surface area contributed by atoms with Gasteiger partial charge >= 0.3 is 0 Å². The van der Waals surface area contributed by atoms with Crippen LogP contribution in [0.1, 0.15) is 17.0 Å².